The lowest BCUT2D eigenvalue weighted by Gasteiger charge is -2.31. The molecule has 56 heavy (non-hydrogen) atoms. The molecule has 4 aromatic rings. The fourth-order valence-electron chi connectivity index (χ4n) is 8.24. The first-order valence-corrected chi connectivity index (χ1v) is 20.0. The zero-order valence-electron chi connectivity index (χ0n) is 33.6. The fourth-order valence-corrected chi connectivity index (χ4v) is 8.24. The summed E-state index contributed by atoms with van der Waals surface area (Å²) in [4.78, 5) is 56.6. The van der Waals surface area contributed by atoms with Crippen LogP contribution in [-0.2, 0) is 21.4 Å². The number of carbonyl (C=O) groups is 3. The number of methoxy groups -OCH3 is 1. The number of hydrogen-bond acceptors (Lipinski definition) is 7. The number of likely N-dealkylation sites (tertiary alicyclic amines) is 2. The van der Waals surface area contributed by atoms with Gasteiger partial charge in [-0.3, -0.25) is 19.3 Å². The second kappa shape index (κ2) is 16.3. The molecule has 294 valence electrons. The molecule has 2 aromatic carbocycles. The minimum Gasteiger partial charge on any atom is -0.453 e. The quantitative estimate of drug-likeness (QED) is 0.162. The van der Waals surface area contributed by atoms with Crippen LogP contribution in [-0.4, -0.2) is 85.5 Å². The summed E-state index contributed by atoms with van der Waals surface area (Å²) in [5.41, 5.74) is 9.05. The number of imidazole rings is 1. The van der Waals surface area contributed by atoms with Crippen LogP contribution >= 0.6 is 0 Å². The lowest BCUT2D eigenvalue weighted by Crippen LogP contribution is -2.53. The first-order valence-electron chi connectivity index (χ1n) is 20.0. The molecular formula is C44H54N8O4. The van der Waals surface area contributed by atoms with Gasteiger partial charge in [0.25, 0.3) is 0 Å². The Morgan fingerprint density at radius 1 is 0.804 bits per heavy atom. The molecule has 2 aromatic heterocycles. The van der Waals surface area contributed by atoms with Gasteiger partial charge < -0.3 is 24.8 Å². The van der Waals surface area contributed by atoms with E-state index >= 15 is 0 Å². The monoisotopic (exact) mass is 758 g/mol. The lowest BCUT2D eigenvalue weighted by atomic mass is 9.94. The zero-order chi connectivity index (χ0) is 39.7. The molecule has 0 bridgehead atoms. The van der Waals surface area contributed by atoms with Gasteiger partial charge in [-0.2, -0.15) is 5.10 Å². The molecule has 0 saturated carbocycles. The number of nitrogens with one attached hydrogen (secondary N) is 2. The first-order chi connectivity index (χ1) is 26.9. The number of rotatable bonds is 11. The normalized spacial score (nSPS) is 19.6. The van der Waals surface area contributed by atoms with Crippen molar-refractivity contribution in [3.05, 3.63) is 84.1 Å². The van der Waals surface area contributed by atoms with Crippen LogP contribution in [0.2, 0.25) is 0 Å². The average molecular weight is 759 g/mol. The molecule has 12 heteroatoms. The van der Waals surface area contributed by atoms with Crippen molar-refractivity contribution in [2.75, 3.05) is 20.2 Å². The molecule has 5 heterocycles. The molecule has 0 radical (unpaired) electrons. The van der Waals surface area contributed by atoms with Crippen molar-refractivity contribution in [1.82, 2.24) is 34.9 Å². The number of nitrogens with zero attached hydrogens (tertiary/aromatic N) is 6. The number of allylic oxidation sites excluding steroid dienone is 1. The van der Waals surface area contributed by atoms with E-state index < -0.39 is 12.1 Å². The number of H-pyrrole nitrogens is 1. The molecule has 3 amide bonds. The Balaban J connectivity index is 1.08. The van der Waals surface area contributed by atoms with Crippen molar-refractivity contribution in [1.29, 1.82) is 0 Å². The van der Waals surface area contributed by atoms with Crippen LogP contribution in [0.4, 0.5) is 4.79 Å². The van der Waals surface area contributed by atoms with Crippen LogP contribution in [0, 0.1) is 17.8 Å². The summed E-state index contributed by atoms with van der Waals surface area (Å²) in [6.45, 7) is 11.5. The van der Waals surface area contributed by atoms with Crippen molar-refractivity contribution in [3.8, 4) is 22.4 Å². The summed E-state index contributed by atoms with van der Waals surface area (Å²) >= 11 is 0. The Labute approximate surface area is 329 Å². The number of aryl methyl sites for hydroxylation is 1. The number of alkyl carbamates (subject to hydrolysis) is 1. The second-order valence-corrected chi connectivity index (χ2v) is 16.1. The summed E-state index contributed by atoms with van der Waals surface area (Å²) in [5, 5.41) is 7.18. The van der Waals surface area contributed by atoms with Crippen LogP contribution in [0.15, 0.2) is 72.0 Å². The first kappa shape index (κ1) is 38.7. The maximum Gasteiger partial charge on any atom is 0.407 e. The van der Waals surface area contributed by atoms with Crippen LogP contribution in [0.1, 0.15) is 89.8 Å². The third-order valence-electron chi connectivity index (χ3n) is 11.9. The van der Waals surface area contributed by atoms with Gasteiger partial charge in [0.2, 0.25) is 11.8 Å². The summed E-state index contributed by atoms with van der Waals surface area (Å²) in [7, 11) is 3.22. The van der Waals surface area contributed by atoms with Gasteiger partial charge in [0.15, 0.2) is 0 Å². The number of hydrogen-bond donors (Lipinski definition) is 2. The second-order valence-electron chi connectivity index (χ2n) is 16.1. The number of benzene rings is 2. The van der Waals surface area contributed by atoms with Gasteiger partial charge in [-0.05, 0) is 71.4 Å². The van der Waals surface area contributed by atoms with Gasteiger partial charge in [-0.15, -0.1) is 0 Å². The zero-order valence-corrected chi connectivity index (χ0v) is 33.6. The van der Waals surface area contributed by atoms with E-state index in [2.05, 4.69) is 77.8 Å². The molecule has 3 aliphatic heterocycles. The van der Waals surface area contributed by atoms with E-state index in [9.17, 15) is 14.4 Å². The number of ether oxygens (including phenoxy) is 1. The van der Waals surface area contributed by atoms with Gasteiger partial charge >= 0.3 is 6.09 Å². The van der Waals surface area contributed by atoms with Crippen molar-refractivity contribution in [3.63, 3.8) is 0 Å². The highest BCUT2D eigenvalue weighted by atomic mass is 16.5. The molecule has 3 aliphatic rings. The maximum absolute atomic E-state index is 13.9. The number of aromatic nitrogens is 4. The Morgan fingerprint density at radius 2 is 1.41 bits per heavy atom. The maximum atomic E-state index is 13.9. The lowest BCUT2D eigenvalue weighted by molar-refractivity contribution is -0.137. The number of amides is 3. The molecular weight excluding hydrogens is 705 g/mol. The Bertz CT molecular complexity index is 2130. The number of aliphatic imine (C=N–C) groups is 1. The van der Waals surface area contributed by atoms with E-state index in [1.54, 1.807) is 6.20 Å². The summed E-state index contributed by atoms with van der Waals surface area (Å²) in [6.07, 6.45) is 7.22. The topological polar surface area (TPSA) is 138 Å². The van der Waals surface area contributed by atoms with E-state index in [1.165, 1.54) is 7.11 Å². The third kappa shape index (κ3) is 7.66. The third-order valence-corrected chi connectivity index (χ3v) is 11.9. The largest absolute Gasteiger partial charge is 0.453 e. The predicted octanol–water partition coefficient (Wildman–Crippen LogP) is 7.52. The summed E-state index contributed by atoms with van der Waals surface area (Å²) < 4.78 is 6.66. The van der Waals surface area contributed by atoms with E-state index in [0.717, 1.165) is 88.7 Å². The van der Waals surface area contributed by atoms with Crippen LogP contribution in [0.25, 0.3) is 33.7 Å². The van der Waals surface area contributed by atoms with Crippen molar-refractivity contribution in [2.24, 2.45) is 29.8 Å². The minimum absolute atomic E-state index is 0.0163. The molecule has 4 atom stereocenters. The van der Waals surface area contributed by atoms with E-state index in [0.29, 0.717) is 18.9 Å². The number of carbonyl (C=O) groups excluding carboxylic acids is 3. The van der Waals surface area contributed by atoms with Crippen LogP contribution < -0.4 is 5.32 Å². The SMILES string of the molecule is COC(=O)N[C@H](C(=O)N1CCC[C@H]1C1=NC(c2ccnn2C)=C(c2ccc(-c3ccc(-c4cnc([C@@H]5CCCN5C(=O)[C@@H](C)C(C)C)[nH]4)cc3)cc2)C1)C(C)C. The average Bonchev–Trinajstić information content (AvgIpc) is 4.05. The molecule has 0 aliphatic carbocycles. The predicted molar refractivity (Wildman–Crippen MR) is 218 cm³/mol. The van der Waals surface area contributed by atoms with Crippen LogP contribution in [0.5, 0.6) is 0 Å². The van der Waals surface area contributed by atoms with E-state index in [1.807, 2.05) is 54.6 Å². The Hall–Kier alpha value is -5.52. The molecule has 0 spiro atoms. The van der Waals surface area contributed by atoms with Crippen LogP contribution in [0.3, 0.4) is 0 Å². The molecule has 0 unspecified atom stereocenters. The van der Waals surface area contributed by atoms with Gasteiger partial charge in [0, 0.05) is 44.4 Å². The summed E-state index contributed by atoms with van der Waals surface area (Å²) in [5.74, 6) is 1.12. The highest BCUT2D eigenvalue weighted by molar-refractivity contribution is 6.12. The van der Waals surface area contributed by atoms with Crippen molar-refractivity contribution < 1.29 is 19.1 Å². The van der Waals surface area contributed by atoms with Gasteiger partial charge in [0.1, 0.15) is 11.9 Å². The van der Waals surface area contributed by atoms with E-state index in [4.69, 9.17) is 14.7 Å². The molecule has 12 nitrogen and oxygen atoms in total. The van der Waals surface area contributed by atoms with Crippen molar-refractivity contribution >= 4 is 34.9 Å². The van der Waals surface area contributed by atoms with Gasteiger partial charge in [-0.1, -0.05) is 83.1 Å². The standard InChI is InChI=1S/C44H54N8O4/c1-26(2)28(5)42(53)52-23-9-11-38(52)41-45-25-35(48-41)32-18-14-30(15-19-32)29-12-16-31(17-13-29)33-24-34(47-40(33)37-20-21-46-50(37)6)36-10-8-22-51(36)43(54)39(27(3)4)49-44(55)56-7/h12-21,25-28,36,38-39H,8-11,22-24H2,1-7H3,(H,45,48)(H,49,55)/t28-,36-,38-,39-/m0/s1. The summed E-state index contributed by atoms with van der Waals surface area (Å²) in [6, 6.07) is 18.2. The highest BCUT2D eigenvalue weighted by Crippen LogP contribution is 2.40. The fraction of sp³-hybridized carbons (Fsp3) is 0.455. The molecule has 7 rings (SSSR count). The molecule has 2 saturated heterocycles. The highest BCUT2D eigenvalue weighted by Gasteiger charge is 2.40. The van der Waals surface area contributed by atoms with Gasteiger partial charge in [-0.25, -0.2) is 9.78 Å². The smallest absolute Gasteiger partial charge is 0.407 e. The Morgan fingerprint density at radius 3 is 2.00 bits per heavy atom. The van der Waals surface area contributed by atoms with Crippen molar-refractivity contribution in [2.45, 2.75) is 84.8 Å². The number of aromatic amines is 1. The van der Waals surface area contributed by atoms with E-state index in [-0.39, 0.29) is 35.7 Å². The molecule has 2 fully saturated rings. The Kier molecular flexibility index (Phi) is 11.3. The molecule has 2 N–H and O–H groups in total. The minimum atomic E-state index is -0.689. The van der Waals surface area contributed by atoms with Gasteiger partial charge in [0.05, 0.1) is 42.5 Å².